The van der Waals surface area contributed by atoms with E-state index in [4.69, 9.17) is 4.52 Å². The quantitative estimate of drug-likeness (QED) is 0.874. The van der Waals surface area contributed by atoms with E-state index in [1.807, 2.05) is 6.07 Å². The molecular weight excluding hydrogens is 306 g/mol. The van der Waals surface area contributed by atoms with E-state index in [2.05, 4.69) is 32.4 Å². The lowest BCUT2D eigenvalue weighted by atomic mass is 9.94. The third-order valence-electron chi connectivity index (χ3n) is 4.49. The molecule has 0 atom stereocenters. The third kappa shape index (κ3) is 4.17. The van der Waals surface area contributed by atoms with Crippen LogP contribution in [-0.4, -0.2) is 52.1 Å². The minimum atomic E-state index is -0.338. The Labute approximate surface area is 141 Å². The summed E-state index contributed by atoms with van der Waals surface area (Å²) in [4.78, 5) is 22.6. The monoisotopic (exact) mass is 329 g/mol. The van der Waals surface area contributed by atoms with E-state index >= 15 is 0 Å². The summed E-state index contributed by atoms with van der Waals surface area (Å²) in [5.74, 6) is 0.0106. The summed E-state index contributed by atoms with van der Waals surface area (Å²) in [5, 5.41) is 6.67. The first-order valence-electron chi connectivity index (χ1n) is 8.46. The van der Waals surface area contributed by atoms with Gasteiger partial charge in [-0.05, 0) is 32.0 Å². The van der Waals surface area contributed by atoms with Crippen LogP contribution in [0.5, 0.6) is 0 Å². The van der Waals surface area contributed by atoms with Crippen molar-refractivity contribution in [2.24, 2.45) is 0 Å². The van der Waals surface area contributed by atoms with Gasteiger partial charge in [0.05, 0.1) is 0 Å². The number of amides is 1. The molecule has 2 aromatic heterocycles. The van der Waals surface area contributed by atoms with Crippen LogP contribution in [0, 0.1) is 0 Å². The minimum absolute atomic E-state index is 0.0193. The van der Waals surface area contributed by atoms with Crippen molar-refractivity contribution in [1.82, 2.24) is 25.3 Å². The molecule has 24 heavy (non-hydrogen) atoms. The van der Waals surface area contributed by atoms with Gasteiger partial charge in [-0.3, -0.25) is 9.78 Å². The van der Waals surface area contributed by atoms with Crippen LogP contribution in [0.3, 0.4) is 0 Å². The lowest BCUT2D eigenvalue weighted by Crippen LogP contribution is -2.39. The van der Waals surface area contributed by atoms with Crippen LogP contribution >= 0.6 is 0 Å². The normalized spacial score (nSPS) is 15.6. The zero-order chi connectivity index (χ0) is 16.8. The molecule has 1 aliphatic rings. The molecule has 3 rings (SSSR count). The molecule has 1 amide bonds. The molecule has 0 radical (unpaired) electrons. The van der Waals surface area contributed by atoms with Gasteiger partial charge < -0.3 is 14.7 Å². The second kappa shape index (κ2) is 8.01. The maximum Gasteiger partial charge on any atom is 0.316 e. The average Bonchev–Trinajstić information content (AvgIpc) is 3.13. The van der Waals surface area contributed by atoms with Gasteiger partial charge in [0.1, 0.15) is 0 Å². The van der Waals surface area contributed by atoms with Crippen LogP contribution in [0.15, 0.2) is 29.0 Å². The molecule has 0 aliphatic heterocycles. The summed E-state index contributed by atoms with van der Waals surface area (Å²) in [6, 6.07) is 4.24. The molecule has 1 fully saturated rings. The second-order valence-corrected chi connectivity index (χ2v) is 6.19. The Hall–Kier alpha value is -2.28. The van der Waals surface area contributed by atoms with Gasteiger partial charge in [0, 0.05) is 37.1 Å². The van der Waals surface area contributed by atoms with Gasteiger partial charge in [-0.2, -0.15) is 4.98 Å². The standard InChI is InChI=1S/C17H23N5O2/c1-22(14-7-3-2-4-8-14)11-10-19-16(23)17-20-15(21-24-17)13-6-5-9-18-12-13/h5-6,9,12,14H,2-4,7-8,10-11H2,1H3,(H,19,23). The van der Waals surface area contributed by atoms with E-state index in [-0.39, 0.29) is 11.8 Å². The van der Waals surface area contributed by atoms with Crippen LogP contribution in [0.25, 0.3) is 11.4 Å². The van der Waals surface area contributed by atoms with Crippen LogP contribution in [0.4, 0.5) is 0 Å². The van der Waals surface area contributed by atoms with E-state index in [1.165, 1.54) is 32.1 Å². The zero-order valence-electron chi connectivity index (χ0n) is 13.9. The van der Waals surface area contributed by atoms with Crippen LogP contribution in [0.2, 0.25) is 0 Å². The van der Waals surface area contributed by atoms with Gasteiger partial charge in [-0.25, -0.2) is 0 Å². The van der Waals surface area contributed by atoms with Gasteiger partial charge in [-0.1, -0.05) is 24.4 Å². The Morgan fingerprint density at radius 2 is 2.21 bits per heavy atom. The van der Waals surface area contributed by atoms with Gasteiger partial charge in [0.25, 0.3) is 0 Å². The zero-order valence-corrected chi connectivity index (χ0v) is 13.9. The van der Waals surface area contributed by atoms with Gasteiger partial charge in [0.2, 0.25) is 5.82 Å². The van der Waals surface area contributed by atoms with E-state index in [1.54, 1.807) is 18.5 Å². The summed E-state index contributed by atoms with van der Waals surface area (Å²) in [5.41, 5.74) is 0.720. The molecule has 1 aliphatic carbocycles. The number of rotatable bonds is 6. The Bertz CT molecular complexity index is 652. The fourth-order valence-corrected chi connectivity index (χ4v) is 3.05. The largest absolute Gasteiger partial charge is 0.347 e. The number of hydrogen-bond acceptors (Lipinski definition) is 6. The molecule has 2 heterocycles. The number of carbonyl (C=O) groups is 1. The highest BCUT2D eigenvalue weighted by Gasteiger charge is 2.19. The fraction of sp³-hybridized carbons (Fsp3) is 0.529. The van der Waals surface area contributed by atoms with Gasteiger partial charge in [0.15, 0.2) is 0 Å². The predicted octanol–water partition coefficient (Wildman–Crippen LogP) is 2.13. The summed E-state index contributed by atoms with van der Waals surface area (Å²) < 4.78 is 5.04. The lowest BCUT2D eigenvalue weighted by Gasteiger charge is -2.31. The van der Waals surface area contributed by atoms with E-state index in [9.17, 15) is 4.79 Å². The Balaban J connectivity index is 1.48. The van der Waals surface area contributed by atoms with E-state index in [0.717, 1.165) is 12.1 Å². The smallest absolute Gasteiger partial charge is 0.316 e. The first-order chi connectivity index (χ1) is 11.7. The summed E-state index contributed by atoms with van der Waals surface area (Å²) >= 11 is 0. The average molecular weight is 329 g/mol. The van der Waals surface area contributed by atoms with Crippen molar-refractivity contribution in [3.8, 4) is 11.4 Å². The molecule has 2 aromatic rings. The highest BCUT2D eigenvalue weighted by Crippen LogP contribution is 2.21. The molecule has 0 aromatic carbocycles. The Kier molecular flexibility index (Phi) is 5.53. The van der Waals surface area contributed by atoms with E-state index < -0.39 is 0 Å². The molecule has 7 heteroatoms. The lowest BCUT2D eigenvalue weighted by molar-refractivity contribution is 0.0901. The summed E-state index contributed by atoms with van der Waals surface area (Å²) in [7, 11) is 2.12. The molecular formula is C17H23N5O2. The summed E-state index contributed by atoms with van der Waals surface area (Å²) in [6.45, 7) is 1.39. The highest BCUT2D eigenvalue weighted by molar-refractivity contribution is 5.89. The molecule has 128 valence electrons. The van der Waals surface area contributed by atoms with Crippen molar-refractivity contribution in [3.63, 3.8) is 0 Å². The van der Waals surface area contributed by atoms with Gasteiger partial charge in [-0.15, -0.1) is 0 Å². The third-order valence-corrected chi connectivity index (χ3v) is 4.49. The number of likely N-dealkylation sites (N-methyl/N-ethyl adjacent to an activating group) is 1. The Morgan fingerprint density at radius 1 is 1.38 bits per heavy atom. The van der Waals surface area contributed by atoms with E-state index in [0.29, 0.717) is 18.4 Å². The van der Waals surface area contributed by atoms with Crippen molar-refractivity contribution in [2.45, 2.75) is 38.1 Å². The highest BCUT2D eigenvalue weighted by atomic mass is 16.5. The van der Waals surface area contributed by atoms with Crippen molar-refractivity contribution < 1.29 is 9.32 Å². The maximum absolute atomic E-state index is 12.1. The SMILES string of the molecule is CN(CCNC(=O)c1nc(-c2cccnc2)no1)C1CCCCC1. The van der Waals surface area contributed by atoms with Gasteiger partial charge >= 0.3 is 11.8 Å². The summed E-state index contributed by atoms with van der Waals surface area (Å²) in [6.07, 6.45) is 9.76. The van der Waals surface area contributed by atoms with Crippen molar-refractivity contribution in [3.05, 3.63) is 30.4 Å². The maximum atomic E-state index is 12.1. The molecule has 7 nitrogen and oxygen atoms in total. The number of nitrogens with zero attached hydrogens (tertiary/aromatic N) is 4. The molecule has 1 saturated carbocycles. The molecule has 0 saturated heterocycles. The number of nitrogens with one attached hydrogen (secondary N) is 1. The predicted molar refractivity (Wildman–Crippen MR) is 89.4 cm³/mol. The van der Waals surface area contributed by atoms with Crippen LogP contribution in [0.1, 0.15) is 42.8 Å². The van der Waals surface area contributed by atoms with Crippen LogP contribution in [-0.2, 0) is 0 Å². The first kappa shape index (κ1) is 16.6. The van der Waals surface area contributed by atoms with Crippen molar-refractivity contribution in [2.75, 3.05) is 20.1 Å². The molecule has 1 N–H and O–H groups in total. The number of hydrogen-bond donors (Lipinski definition) is 1. The van der Waals surface area contributed by atoms with Crippen molar-refractivity contribution >= 4 is 5.91 Å². The number of pyridine rings is 1. The number of aromatic nitrogens is 3. The fourth-order valence-electron chi connectivity index (χ4n) is 3.05. The molecule has 0 bridgehead atoms. The van der Waals surface area contributed by atoms with Crippen LogP contribution < -0.4 is 5.32 Å². The molecule has 0 spiro atoms. The Morgan fingerprint density at radius 3 is 2.96 bits per heavy atom. The first-order valence-corrected chi connectivity index (χ1v) is 8.46. The van der Waals surface area contributed by atoms with Crippen molar-refractivity contribution in [1.29, 1.82) is 0 Å². The minimum Gasteiger partial charge on any atom is -0.347 e. The molecule has 0 unspecified atom stereocenters. The second-order valence-electron chi connectivity index (χ2n) is 6.19. The number of carbonyl (C=O) groups excluding carboxylic acids is 1. The topological polar surface area (TPSA) is 84.2 Å².